The average Bonchev–Trinajstić information content (AvgIpc) is 3.17. The lowest BCUT2D eigenvalue weighted by molar-refractivity contribution is -0.122. The van der Waals surface area contributed by atoms with E-state index in [0.29, 0.717) is 34.7 Å². The molecule has 0 saturated carbocycles. The van der Waals surface area contributed by atoms with Gasteiger partial charge in [0.2, 0.25) is 0 Å². The number of amides is 1. The van der Waals surface area contributed by atoms with Gasteiger partial charge in [0.1, 0.15) is 12.4 Å². The van der Waals surface area contributed by atoms with Crippen LogP contribution in [0.2, 0.25) is 0 Å². The Balaban J connectivity index is 1.57. The molecule has 0 radical (unpaired) electrons. The molecule has 4 rings (SSSR count). The van der Waals surface area contributed by atoms with Crippen molar-refractivity contribution in [1.29, 1.82) is 0 Å². The molecular weight excluding hydrogens is 448 g/mol. The molecule has 1 aliphatic rings. The molecule has 1 saturated heterocycles. The third kappa shape index (κ3) is 5.43. The van der Waals surface area contributed by atoms with Crippen molar-refractivity contribution in [1.82, 2.24) is 4.90 Å². The number of thioether (sulfide) groups is 1. The van der Waals surface area contributed by atoms with E-state index in [9.17, 15) is 4.79 Å². The predicted octanol–water partition coefficient (Wildman–Crippen LogP) is 5.91. The van der Waals surface area contributed by atoms with Gasteiger partial charge in [0.25, 0.3) is 5.91 Å². The van der Waals surface area contributed by atoms with E-state index in [1.165, 1.54) is 11.8 Å². The highest BCUT2D eigenvalue weighted by Gasteiger charge is 2.32. The number of hydrogen-bond acceptors (Lipinski definition) is 6. The van der Waals surface area contributed by atoms with Gasteiger partial charge in [-0.25, -0.2) is 4.99 Å². The molecule has 34 heavy (non-hydrogen) atoms. The molecule has 0 unspecified atom stereocenters. The quantitative estimate of drug-likeness (QED) is 0.380. The molecular formula is C27H26N2O4S. The van der Waals surface area contributed by atoms with Gasteiger partial charge >= 0.3 is 0 Å². The average molecular weight is 475 g/mol. The number of benzene rings is 3. The second-order valence-corrected chi connectivity index (χ2v) is 8.45. The van der Waals surface area contributed by atoms with Crippen molar-refractivity contribution in [3.8, 4) is 17.2 Å². The Morgan fingerprint density at radius 2 is 1.71 bits per heavy atom. The van der Waals surface area contributed by atoms with Crippen LogP contribution in [0.1, 0.15) is 18.1 Å². The number of ether oxygens (including phenoxy) is 3. The molecule has 7 heteroatoms. The van der Waals surface area contributed by atoms with Gasteiger partial charge in [-0.2, -0.15) is 0 Å². The van der Waals surface area contributed by atoms with Gasteiger partial charge in [-0.1, -0.05) is 36.4 Å². The van der Waals surface area contributed by atoms with Crippen LogP contribution in [0.15, 0.2) is 82.7 Å². The first-order valence-corrected chi connectivity index (χ1v) is 11.7. The first kappa shape index (κ1) is 23.4. The smallest absolute Gasteiger partial charge is 0.266 e. The Bertz CT molecular complexity index is 1210. The maximum absolute atomic E-state index is 13.0. The molecule has 1 fully saturated rings. The zero-order chi connectivity index (χ0) is 23.9. The lowest BCUT2D eigenvalue weighted by Crippen LogP contribution is -2.28. The molecule has 0 aromatic heterocycles. The number of rotatable bonds is 8. The highest BCUT2D eigenvalue weighted by atomic mass is 32.2. The molecule has 6 nitrogen and oxygen atoms in total. The fourth-order valence-electron chi connectivity index (χ4n) is 3.42. The third-order valence-corrected chi connectivity index (χ3v) is 6.23. The molecule has 0 aliphatic carbocycles. The van der Waals surface area contributed by atoms with Crippen molar-refractivity contribution in [3.05, 3.63) is 88.8 Å². The second kappa shape index (κ2) is 10.9. The first-order valence-electron chi connectivity index (χ1n) is 10.9. The molecule has 1 aliphatic heterocycles. The molecule has 1 amide bonds. The number of carbonyl (C=O) groups excluding carboxylic acids is 1. The summed E-state index contributed by atoms with van der Waals surface area (Å²) in [4.78, 5) is 20.0. The monoisotopic (exact) mass is 474 g/mol. The van der Waals surface area contributed by atoms with E-state index in [4.69, 9.17) is 14.2 Å². The van der Waals surface area contributed by atoms with Gasteiger partial charge in [-0.3, -0.25) is 9.69 Å². The normalized spacial score (nSPS) is 15.7. The van der Waals surface area contributed by atoms with Crippen LogP contribution in [0.5, 0.6) is 17.2 Å². The maximum Gasteiger partial charge on any atom is 0.266 e. The molecule has 3 aromatic rings. The van der Waals surface area contributed by atoms with E-state index < -0.39 is 0 Å². The lowest BCUT2D eigenvalue weighted by Gasteiger charge is -2.12. The third-order valence-electron chi connectivity index (χ3n) is 5.22. The molecule has 1 heterocycles. The van der Waals surface area contributed by atoms with Gasteiger partial charge in [0.05, 0.1) is 24.8 Å². The fraction of sp³-hybridized carbons (Fsp3) is 0.185. The minimum Gasteiger partial charge on any atom is -0.497 e. The summed E-state index contributed by atoms with van der Waals surface area (Å²) in [7, 11) is 3.24. The molecule has 0 N–H and O–H groups in total. The minimum absolute atomic E-state index is 0.0673. The summed E-state index contributed by atoms with van der Waals surface area (Å²) >= 11 is 1.36. The molecule has 0 atom stereocenters. The Hall–Kier alpha value is -3.71. The maximum atomic E-state index is 13.0. The van der Waals surface area contributed by atoms with E-state index in [-0.39, 0.29) is 5.91 Å². The van der Waals surface area contributed by atoms with Crippen LogP contribution in [0, 0.1) is 0 Å². The van der Waals surface area contributed by atoms with Gasteiger partial charge in [-0.15, -0.1) is 0 Å². The van der Waals surface area contributed by atoms with E-state index in [2.05, 4.69) is 4.99 Å². The van der Waals surface area contributed by atoms with E-state index in [1.807, 2.05) is 85.8 Å². The number of carbonyl (C=O) groups is 1. The SMILES string of the molecule is CCN1C(=O)/C(=C\c2ccc(OC)c(OCc3ccccc3)c2)SC1=Nc1ccc(OC)cc1. The number of likely N-dealkylation sites (N-methyl/N-ethyl adjacent to an activating group) is 1. The summed E-state index contributed by atoms with van der Waals surface area (Å²) < 4.78 is 16.7. The Morgan fingerprint density at radius 3 is 2.38 bits per heavy atom. The Morgan fingerprint density at radius 1 is 0.941 bits per heavy atom. The topological polar surface area (TPSA) is 60.4 Å². The largest absolute Gasteiger partial charge is 0.497 e. The van der Waals surface area contributed by atoms with Crippen molar-refractivity contribution < 1.29 is 19.0 Å². The van der Waals surface area contributed by atoms with Gasteiger partial charge in [-0.05, 0) is 72.3 Å². The van der Waals surface area contributed by atoms with Crippen LogP contribution >= 0.6 is 11.8 Å². The number of aliphatic imine (C=N–C) groups is 1. The summed E-state index contributed by atoms with van der Waals surface area (Å²) in [6.45, 7) is 2.90. The van der Waals surface area contributed by atoms with E-state index >= 15 is 0 Å². The molecule has 0 spiro atoms. The van der Waals surface area contributed by atoms with Crippen molar-refractivity contribution >= 4 is 34.6 Å². The van der Waals surface area contributed by atoms with Gasteiger partial charge < -0.3 is 14.2 Å². The molecule has 0 bridgehead atoms. The number of methoxy groups -OCH3 is 2. The predicted molar refractivity (Wildman–Crippen MR) is 137 cm³/mol. The Labute approximate surface area is 203 Å². The standard InChI is InChI=1S/C27H26N2O4S/c1-4-29-26(30)25(34-27(29)28-21-11-13-22(31-2)14-12-21)17-20-10-15-23(32-3)24(16-20)33-18-19-8-6-5-7-9-19/h5-17H,4,18H2,1-3H3/b25-17+,28-27?. The van der Waals surface area contributed by atoms with Crippen LogP contribution in [0.4, 0.5) is 5.69 Å². The van der Waals surface area contributed by atoms with Crippen molar-refractivity contribution in [3.63, 3.8) is 0 Å². The van der Waals surface area contributed by atoms with Gasteiger partial charge in [0.15, 0.2) is 16.7 Å². The zero-order valence-electron chi connectivity index (χ0n) is 19.4. The van der Waals surface area contributed by atoms with Crippen LogP contribution in [-0.2, 0) is 11.4 Å². The number of hydrogen-bond donors (Lipinski definition) is 0. The minimum atomic E-state index is -0.0673. The van der Waals surface area contributed by atoms with Gasteiger partial charge in [0, 0.05) is 6.54 Å². The summed E-state index contributed by atoms with van der Waals surface area (Å²) in [5, 5.41) is 0.651. The van der Waals surface area contributed by atoms with Crippen LogP contribution in [0.25, 0.3) is 6.08 Å². The summed E-state index contributed by atoms with van der Waals surface area (Å²) in [5.41, 5.74) is 2.67. The lowest BCUT2D eigenvalue weighted by atomic mass is 10.1. The van der Waals surface area contributed by atoms with Crippen molar-refractivity contribution in [2.45, 2.75) is 13.5 Å². The van der Waals surface area contributed by atoms with Crippen LogP contribution in [-0.4, -0.2) is 36.7 Å². The van der Waals surface area contributed by atoms with Crippen LogP contribution < -0.4 is 14.2 Å². The van der Waals surface area contributed by atoms with Crippen molar-refractivity contribution in [2.75, 3.05) is 20.8 Å². The van der Waals surface area contributed by atoms with E-state index in [0.717, 1.165) is 22.6 Å². The highest BCUT2D eigenvalue weighted by molar-refractivity contribution is 8.18. The number of nitrogens with zero attached hydrogens (tertiary/aromatic N) is 2. The van der Waals surface area contributed by atoms with E-state index in [1.54, 1.807) is 19.1 Å². The van der Waals surface area contributed by atoms with Crippen LogP contribution in [0.3, 0.4) is 0 Å². The second-order valence-electron chi connectivity index (χ2n) is 7.44. The molecule has 3 aromatic carbocycles. The summed E-state index contributed by atoms with van der Waals surface area (Å²) in [6.07, 6.45) is 1.86. The number of amidine groups is 1. The highest BCUT2D eigenvalue weighted by Crippen LogP contribution is 2.36. The zero-order valence-corrected chi connectivity index (χ0v) is 20.2. The fourth-order valence-corrected chi connectivity index (χ4v) is 4.48. The first-order chi connectivity index (χ1) is 16.6. The molecule has 174 valence electrons. The van der Waals surface area contributed by atoms with Crippen molar-refractivity contribution in [2.24, 2.45) is 4.99 Å². The summed E-state index contributed by atoms with van der Waals surface area (Å²) in [6, 6.07) is 23.0. The Kier molecular flexibility index (Phi) is 7.54. The summed E-state index contributed by atoms with van der Waals surface area (Å²) in [5.74, 6) is 1.95.